The monoisotopic (exact) mass is 522 g/mol. The van der Waals surface area contributed by atoms with Crippen LogP contribution < -0.4 is 18.9 Å². The maximum atomic E-state index is 13.3. The number of halogens is 1. The van der Waals surface area contributed by atoms with E-state index in [1.165, 1.54) is 27.4 Å². The first-order valence-corrected chi connectivity index (χ1v) is 11.5. The van der Waals surface area contributed by atoms with Gasteiger partial charge in [-0.2, -0.15) is 5.10 Å². The van der Waals surface area contributed by atoms with E-state index in [4.69, 9.17) is 18.7 Å². The normalized spacial score (nSPS) is 11.5. The van der Waals surface area contributed by atoms with E-state index in [0.29, 0.717) is 27.7 Å². The summed E-state index contributed by atoms with van der Waals surface area (Å²) in [5.74, 6) is 0.584. The molecule has 0 atom stereocenters. The molecule has 0 spiro atoms. The molecule has 0 aliphatic rings. The molecule has 32 heavy (non-hydrogen) atoms. The number of fused-ring (bicyclic) bond motifs is 1. The van der Waals surface area contributed by atoms with E-state index in [1.54, 1.807) is 29.1 Å². The lowest BCUT2D eigenvalue weighted by Gasteiger charge is -2.15. The number of hydrogen-bond donors (Lipinski definition) is 1. The highest BCUT2D eigenvalue weighted by atomic mass is 79.9. The van der Waals surface area contributed by atoms with E-state index < -0.39 is 10.0 Å². The second-order valence-electron chi connectivity index (χ2n) is 6.62. The summed E-state index contributed by atoms with van der Waals surface area (Å²) in [6.45, 7) is 0.480. The fourth-order valence-electron chi connectivity index (χ4n) is 3.30. The van der Waals surface area contributed by atoms with Crippen LogP contribution in [-0.2, 0) is 16.6 Å². The van der Waals surface area contributed by atoms with Crippen molar-refractivity contribution in [2.24, 2.45) is 0 Å². The molecule has 10 nitrogen and oxygen atoms in total. The molecule has 0 amide bonds. The van der Waals surface area contributed by atoms with Gasteiger partial charge in [0.15, 0.2) is 22.0 Å². The van der Waals surface area contributed by atoms with Crippen LogP contribution in [0.3, 0.4) is 0 Å². The van der Waals surface area contributed by atoms with Crippen molar-refractivity contribution in [1.29, 1.82) is 0 Å². The molecule has 12 heteroatoms. The molecule has 2 aromatic heterocycles. The number of aromatic nitrogens is 3. The molecule has 4 rings (SSSR count). The topological polar surface area (TPSA) is 118 Å². The third kappa shape index (κ3) is 3.98. The summed E-state index contributed by atoms with van der Waals surface area (Å²) in [6, 6.07) is 8.50. The molecule has 2 heterocycles. The van der Waals surface area contributed by atoms with Gasteiger partial charge >= 0.3 is 0 Å². The van der Waals surface area contributed by atoms with Gasteiger partial charge in [0.1, 0.15) is 16.9 Å². The zero-order chi connectivity index (χ0) is 22.9. The van der Waals surface area contributed by atoms with Gasteiger partial charge in [-0.1, -0.05) is 5.16 Å². The average molecular weight is 523 g/mol. The third-order valence-corrected chi connectivity index (χ3v) is 6.68. The summed E-state index contributed by atoms with van der Waals surface area (Å²) in [5, 5.41) is 8.49. The van der Waals surface area contributed by atoms with E-state index in [1.807, 2.05) is 12.3 Å². The lowest BCUT2D eigenvalue weighted by atomic mass is 10.1. The number of rotatable bonds is 8. The van der Waals surface area contributed by atoms with Gasteiger partial charge in [0, 0.05) is 12.4 Å². The van der Waals surface area contributed by atoms with Crippen molar-refractivity contribution in [3.63, 3.8) is 0 Å². The minimum Gasteiger partial charge on any atom is -0.496 e. The molecule has 0 unspecified atom stereocenters. The van der Waals surface area contributed by atoms with Crippen LogP contribution in [-0.4, -0.2) is 44.7 Å². The Morgan fingerprint density at radius 2 is 1.91 bits per heavy atom. The minimum absolute atomic E-state index is 0.0217. The standard InChI is InChI=1S/C20H19BrN4O6S/c1-28-14-6-5-13(21)18(30-3)19(14)32(26,27)24-20-17-15(29-2)9-12(10-16(17)31-23-20)11-25-8-4-7-22-25/h4-10H,11H2,1-3H3,(H,23,24). The highest BCUT2D eigenvalue weighted by Crippen LogP contribution is 2.41. The van der Waals surface area contributed by atoms with Gasteiger partial charge in [0.2, 0.25) is 0 Å². The second-order valence-corrected chi connectivity index (χ2v) is 9.10. The van der Waals surface area contributed by atoms with Crippen molar-refractivity contribution in [2.45, 2.75) is 11.4 Å². The molecule has 0 aliphatic heterocycles. The Balaban J connectivity index is 1.78. The van der Waals surface area contributed by atoms with Crippen LogP contribution in [0.2, 0.25) is 0 Å². The summed E-state index contributed by atoms with van der Waals surface area (Å²) < 4.78 is 52.7. The largest absolute Gasteiger partial charge is 0.496 e. The molecule has 2 aromatic carbocycles. The molecule has 0 saturated carbocycles. The van der Waals surface area contributed by atoms with Crippen molar-refractivity contribution < 1.29 is 27.2 Å². The van der Waals surface area contributed by atoms with Gasteiger partial charge in [-0.15, -0.1) is 0 Å². The number of ether oxygens (including phenoxy) is 3. The van der Waals surface area contributed by atoms with E-state index in [-0.39, 0.29) is 22.2 Å². The molecule has 168 valence electrons. The number of nitrogens with zero attached hydrogens (tertiary/aromatic N) is 3. The number of nitrogens with one attached hydrogen (secondary N) is 1. The van der Waals surface area contributed by atoms with Crippen LogP contribution in [0.1, 0.15) is 5.56 Å². The van der Waals surface area contributed by atoms with Crippen LogP contribution in [0.4, 0.5) is 5.82 Å². The zero-order valence-electron chi connectivity index (χ0n) is 17.3. The molecule has 0 fully saturated rings. The molecular weight excluding hydrogens is 504 g/mol. The van der Waals surface area contributed by atoms with Crippen LogP contribution in [0.5, 0.6) is 17.2 Å². The molecule has 0 bridgehead atoms. The summed E-state index contributed by atoms with van der Waals surface area (Å²) in [7, 11) is 0.0449. The summed E-state index contributed by atoms with van der Waals surface area (Å²) in [6.07, 6.45) is 3.51. The number of anilines is 1. The van der Waals surface area contributed by atoms with Crippen LogP contribution >= 0.6 is 15.9 Å². The van der Waals surface area contributed by atoms with Crippen molar-refractivity contribution in [3.8, 4) is 17.2 Å². The van der Waals surface area contributed by atoms with E-state index in [0.717, 1.165) is 5.56 Å². The quantitative estimate of drug-likeness (QED) is 0.372. The smallest absolute Gasteiger partial charge is 0.270 e. The van der Waals surface area contributed by atoms with Crippen molar-refractivity contribution in [3.05, 3.63) is 52.8 Å². The minimum atomic E-state index is -4.18. The Labute approximate surface area is 192 Å². The fourth-order valence-corrected chi connectivity index (χ4v) is 5.27. The van der Waals surface area contributed by atoms with Gasteiger partial charge < -0.3 is 18.7 Å². The predicted octanol–water partition coefficient (Wildman–Crippen LogP) is 3.66. The number of methoxy groups -OCH3 is 3. The lowest BCUT2D eigenvalue weighted by Crippen LogP contribution is -2.16. The molecule has 4 aromatic rings. The first-order chi connectivity index (χ1) is 15.4. The highest BCUT2D eigenvalue weighted by molar-refractivity contribution is 9.10. The average Bonchev–Trinajstić information content (AvgIpc) is 3.43. The molecule has 0 radical (unpaired) electrons. The van der Waals surface area contributed by atoms with E-state index in [2.05, 4.69) is 30.9 Å². The van der Waals surface area contributed by atoms with Crippen LogP contribution in [0, 0.1) is 0 Å². The van der Waals surface area contributed by atoms with Gasteiger partial charge in [-0.05, 0) is 51.8 Å². The van der Waals surface area contributed by atoms with Crippen molar-refractivity contribution in [1.82, 2.24) is 14.9 Å². The number of sulfonamides is 1. The lowest BCUT2D eigenvalue weighted by molar-refractivity contribution is 0.372. The Morgan fingerprint density at radius 3 is 2.56 bits per heavy atom. The highest BCUT2D eigenvalue weighted by Gasteiger charge is 2.29. The summed E-state index contributed by atoms with van der Waals surface area (Å²) in [5.41, 5.74) is 1.20. The van der Waals surface area contributed by atoms with E-state index >= 15 is 0 Å². The third-order valence-electron chi connectivity index (χ3n) is 4.67. The summed E-state index contributed by atoms with van der Waals surface area (Å²) in [4.78, 5) is -0.178. The summed E-state index contributed by atoms with van der Waals surface area (Å²) >= 11 is 3.30. The SMILES string of the molecule is COc1ccc(Br)c(OC)c1S(=O)(=O)Nc1noc2cc(Cn3cccn3)cc(OC)c12. The first-order valence-electron chi connectivity index (χ1n) is 9.25. The van der Waals surface area contributed by atoms with Gasteiger partial charge in [-0.3, -0.25) is 9.40 Å². The number of hydrogen-bond acceptors (Lipinski definition) is 8. The van der Waals surface area contributed by atoms with Crippen molar-refractivity contribution in [2.75, 3.05) is 26.1 Å². The molecular formula is C20H19BrN4O6S. The van der Waals surface area contributed by atoms with Crippen molar-refractivity contribution >= 4 is 42.7 Å². The van der Waals surface area contributed by atoms with E-state index in [9.17, 15) is 8.42 Å². The molecule has 0 aliphatic carbocycles. The fraction of sp³-hybridized carbons (Fsp3) is 0.200. The molecule has 0 saturated heterocycles. The number of benzene rings is 2. The van der Waals surface area contributed by atoms with Crippen LogP contribution in [0.25, 0.3) is 11.0 Å². The Bertz CT molecular complexity index is 1370. The first kappa shape index (κ1) is 22.0. The second kappa shape index (κ2) is 8.71. The molecule has 1 N–H and O–H groups in total. The maximum absolute atomic E-state index is 13.3. The Morgan fingerprint density at radius 1 is 1.12 bits per heavy atom. The predicted molar refractivity (Wildman–Crippen MR) is 120 cm³/mol. The van der Waals surface area contributed by atoms with Gasteiger partial charge in [0.05, 0.1) is 32.3 Å². The van der Waals surface area contributed by atoms with Crippen LogP contribution in [0.15, 0.2) is 56.6 Å². The maximum Gasteiger partial charge on any atom is 0.270 e. The Kier molecular flexibility index (Phi) is 5.98. The Hall–Kier alpha value is -3.25. The zero-order valence-corrected chi connectivity index (χ0v) is 19.7. The van der Waals surface area contributed by atoms with Gasteiger partial charge in [-0.25, -0.2) is 8.42 Å². The van der Waals surface area contributed by atoms with Gasteiger partial charge in [0.25, 0.3) is 10.0 Å².